The summed E-state index contributed by atoms with van der Waals surface area (Å²) in [7, 11) is 0. The fourth-order valence-electron chi connectivity index (χ4n) is 2.39. The molecular weight excluding hydrogens is 301 g/mol. The quantitative estimate of drug-likeness (QED) is 0.687. The van der Waals surface area contributed by atoms with E-state index >= 15 is 0 Å². The van der Waals surface area contributed by atoms with Gasteiger partial charge in [0.2, 0.25) is 0 Å². The molecule has 0 bridgehead atoms. The molecule has 0 saturated heterocycles. The molecule has 0 radical (unpaired) electrons. The maximum Gasteiger partial charge on any atom is 0.123 e. The van der Waals surface area contributed by atoms with Crippen LogP contribution in [0.25, 0.3) is 0 Å². The molecule has 0 aliphatic heterocycles. The second-order valence-electron chi connectivity index (χ2n) is 6.15. The van der Waals surface area contributed by atoms with E-state index in [2.05, 4.69) is 19.2 Å². The minimum atomic E-state index is -0.207. The minimum absolute atomic E-state index is 0.207. The minimum Gasteiger partial charge on any atom is -0.402 e. The Bertz CT molecular complexity index is 590. The van der Waals surface area contributed by atoms with Crippen molar-refractivity contribution in [2.75, 3.05) is 0 Å². The first-order chi connectivity index (χ1) is 11.1. The number of hydrogen-bond acceptors (Lipinski definition) is 3. The van der Waals surface area contributed by atoms with E-state index in [1.54, 1.807) is 12.1 Å². The van der Waals surface area contributed by atoms with Gasteiger partial charge in [0, 0.05) is 12.2 Å². The molecular formula is C20H34FN3. The summed E-state index contributed by atoms with van der Waals surface area (Å²) < 4.78 is 13.3. The van der Waals surface area contributed by atoms with E-state index < -0.39 is 0 Å². The molecule has 4 heteroatoms. The van der Waals surface area contributed by atoms with Crippen molar-refractivity contribution in [1.29, 1.82) is 0 Å². The van der Waals surface area contributed by atoms with Crippen LogP contribution in [0.5, 0.6) is 0 Å². The molecule has 1 aromatic rings. The highest BCUT2D eigenvalue weighted by molar-refractivity contribution is 5.37. The van der Waals surface area contributed by atoms with Crippen molar-refractivity contribution in [2.45, 2.75) is 61.9 Å². The van der Waals surface area contributed by atoms with Gasteiger partial charge in [0.15, 0.2) is 0 Å². The molecule has 136 valence electrons. The fraction of sp³-hybridized carbons (Fsp3) is 0.500. The molecule has 5 N–H and O–H groups in total. The Hall–Kier alpha value is -1.97. The number of benzene rings is 1. The number of aryl methyl sites for hydroxylation is 2. The van der Waals surface area contributed by atoms with Crippen molar-refractivity contribution in [2.24, 2.45) is 17.4 Å². The Balaban J connectivity index is 0.00000254. The zero-order chi connectivity index (χ0) is 19.0. The van der Waals surface area contributed by atoms with Gasteiger partial charge in [0.1, 0.15) is 5.82 Å². The van der Waals surface area contributed by atoms with Crippen LogP contribution in [0.2, 0.25) is 0 Å². The zero-order valence-electron chi connectivity index (χ0n) is 16.5. The van der Waals surface area contributed by atoms with Gasteiger partial charge >= 0.3 is 0 Å². The lowest BCUT2D eigenvalue weighted by Gasteiger charge is -2.17. The fourth-order valence-corrected chi connectivity index (χ4v) is 2.39. The molecule has 0 aliphatic rings. The zero-order valence-corrected chi connectivity index (χ0v) is 16.5. The van der Waals surface area contributed by atoms with Crippen molar-refractivity contribution in [1.82, 2.24) is 5.32 Å². The van der Waals surface area contributed by atoms with Gasteiger partial charge in [-0.25, -0.2) is 4.39 Å². The molecule has 0 fully saturated rings. The van der Waals surface area contributed by atoms with Crippen LogP contribution < -0.4 is 16.8 Å². The van der Waals surface area contributed by atoms with Crippen LogP contribution in [0.15, 0.2) is 34.8 Å². The van der Waals surface area contributed by atoms with Crippen LogP contribution in [0.4, 0.5) is 4.39 Å². The topological polar surface area (TPSA) is 64.1 Å². The van der Waals surface area contributed by atoms with Gasteiger partial charge in [0.25, 0.3) is 0 Å². The highest BCUT2D eigenvalue weighted by Crippen LogP contribution is 2.19. The summed E-state index contributed by atoms with van der Waals surface area (Å²) in [5.74, 6) is 0.676. The molecule has 0 saturated carbocycles. The number of nitrogens with one attached hydrogen (secondary N) is 1. The van der Waals surface area contributed by atoms with E-state index in [1.165, 1.54) is 0 Å². The van der Waals surface area contributed by atoms with Crippen molar-refractivity contribution in [3.63, 3.8) is 0 Å². The first-order valence-electron chi connectivity index (χ1n) is 8.57. The molecule has 0 unspecified atom stereocenters. The number of hydrogen-bond donors (Lipinski definition) is 3. The summed E-state index contributed by atoms with van der Waals surface area (Å²) in [6, 6.07) is 3.08. The molecule has 0 amide bonds. The summed E-state index contributed by atoms with van der Waals surface area (Å²) in [5, 5.41) is 3.22. The second kappa shape index (κ2) is 10.0. The van der Waals surface area contributed by atoms with Crippen LogP contribution in [0.3, 0.4) is 0 Å². The average molecular weight is 336 g/mol. The van der Waals surface area contributed by atoms with E-state index in [4.69, 9.17) is 11.5 Å². The highest BCUT2D eigenvalue weighted by atomic mass is 19.1. The van der Waals surface area contributed by atoms with E-state index in [1.807, 2.05) is 41.5 Å². The third-order valence-electron chi connectivity index (χ3n) is 4.14. The molecule has 24 heavy (non-hydrogen) atoms. The Labute approximate surface area is 147 Å². The maximum absolute atomic E-state index is 13.3. The molecule has 0 heterocycles. The van der Waals surface area contributed by atoms with Crippen molar-refractivity contribution >= 4 is 0 Å². The summed E-state index contributed by atoms with van der Waals surface area (Å²) in [6.07, 6.45) is 0. The van der Waals surface area contributed by atoms with Gasteiger partial charge in [0.05, 0.1) is 5.82 Å². The van der Waals surface area contributed by atoms with E-state index in [-0.39, 0.29) is 11.7 Å². The summed E-state index contributed by atoms with van der Waals surface area (Å²) in [5.41, 5.74) is 17.9. The second-order valence-corrected chi connectivity index (χ2v) is 6.15. The molecule has 0 aromatic heterocycles. The number of rotatable bonds is 5. The monoisotopic (exact) mass is 335 g/mol. The average Bonchev–Trinajstić information content (AvgIpc) is 2.53. The SMILES string of the molecule is CC.CC(=C(/N)C(C)C)/C(C)=C(\N)NCc1c(C)cc(F)cc1C. The van der Waals surface area contributed by atoms with Gasteiger partial charge < -0.3 is 16.8 Å². The summed E-state index contributed by atoms with van der Waals surface area (Å²) in [4.78, 5) is 0. The smallest absolute Gasteiger partial charge is 0.123 e. The van der Waals surface area contributed by atoms with Gasteiger partial charge in [-0.2, -0.15) is 0 Å². The molecule has 0 aliphatic carbocycles. The largest absolute Gasteiger partial charge is 0.402 e. The standard InChI is InChI=1S/C18H28FN3.C2H6/c1-10(2)17(20)13(5)14(6)18(21)22-9-16-11(3)7-15(19)8-12(16)4;1-2/h7-8,10,22H,9,20-21H2,1-6H3;1-2H3/b17-13-,18-14+;. The van der Waals surface area contributed by atoms with Gasteiger partial charge in [-0.15, -0.1) is 0 Å². The van der Waals surface area contributed by atoms with E-state index in [0.29, 0.717) is 12.4 Å². The Morgan fingerprint density at radius 1 is 1.04 bits per heavy atom. The predicted octanol–water partition coefficient (Wildman–Crippen LogP) is 4.64. The molecule has 1 aromatic carbocycles. The third-order valence-corrected chi connectivity index (χ3v) is 4.14. The molecule has 0 atom stereocenters. The van der Waals surface area contributed by atoms with E-state index in [0.717, 1.165) is 33.5 Å². The lowest BCUT2D eigenvalue weighted by atomic mass is 10.00. The maximum atomic E-state index is 13.3. The van der Waals surface area contributed by atoms with Gasteiger partial charge in [-0.1, -0.05) is 27.7 Å². The number of allylic oxidation sites excluding steroid dienone is 3. The van der Waals surface area contributed by atoms with Crippen LogP contribution in [0, 0.1) is 25.6 Å². The lowest BCUT2D eigenvalue weighted by Crippen LogP contribution is -2.23. The van der Waals surface area contributed by atoms with Crippen molar-refractivity contribution in [3.05, 3.63) is 57.3 Å². The van der Waals surface area contributed by atoms with Gasteiger partial charge in [-0.05, 0) is 73.6 Å². The normalized spacial score (nSPS) is 12.9. The van der Waals surface area contributed by atoms with E-state index in [9.17, 15) is 4.39 Å². The Morgan fingerprint density at radius 2 is 1.50 bits per heavy atom. The molecule has 1 rings (SSSR count). The predicted molar refractivity (Wildman–Crippen MR) is 103 cm³/mol. The third kappa shape index (κ3) is 5.91. The van der Waals surface area contributed by atoms with Crippen molar-refractivity contribution in [3.8, 4) is 0 Å². The number of nitrogens with two attached hydrogens (primary N) is 2. The summed E-state index contributed by atoms with van der Waals surface area (Å²) in [6.45, 7) is 16.4. The van der Waals surface area contributed by atoms with Crippen LogP contribution >= 0.6 is 0 Å². The van der Waals surface area contributed by atoms with Crippen LogP contribution in [-0.2, 0) is 6.54 Å². The Morgan fingerprint density at radius 3 is 1.92 bits per heavy atom. The van der Waals surface area contributed by atoms with Crippen molar-refractivity contribution < 1.29 is 4.39 Å². The first-order valence-corrected chi connectivity index (χ1v) is 8.57. The van der Waals surface area contributed by atoms with Crippen LogP contribution in [-0.4, -0.2) is 0 Å². The lowest BCUT2D eigenvalue weighted by molar-refractivity contribution is 0.623. The molecule has 0 spiro atoms. The first kappa shape index (κ1) is 22.0. The molecule has 3 nitrogen and oxygen atoms in total. The van der Waals surface area contributed by atoms with Crippen LogP contribution in [0.1, 0.15) is 58.2 Å². The highest BCUT2D eigenvalue weighted by Gasteiger charge is 2.09. The number of halogens is 1. The van der Waals surface area contributed by atoms with Gasteiger partial charge in [-0.3, -0.25) is 0 Å². The summed E-state index contributed by atoms with van der Waals surface area (Å²) >= 11 is 0. The Kier molecular flexibility index (Phi) is 9.19.